The Morgan fingerprint density at radius 3 is 3.00 bits per heavy atom. The topological polar surface area (TPSA) is 62.3 Å². The Morgan fingerprint density at radius 1 is 1.28 bits per heavy atom. The minimum atomic E-state index is 0.471. The fraction of sp³-hybridized carbons (Fsp3) is 0.789. The lowest BCUT2D eigenvalue weighted by Gasteiger charge is -2.63. The monoisotopic (exact) mass is 343 g/mol. The molecule has 2 saturated heterocycles. The van der Waals surface area contributed by atoms with E-state index >= 15 is 0 Å². The average Bonchev–Trinajstić information content (AvgIpc) is 3.22. The quantitative estimate of drug-likeness (QED) is 0.853. The Morgan fingerprint density at radius 2 is 2.20 bits per heavy atom. The number of ether oxygens (including phenoxy) is 1. The Labute approximate surface area is 149 Å². The van der Waals surface area contributed by atoms with Crippen LogP contribution in [0.25, 0.3) is 0 Å². The molecule has 2 saturated carbocycles. The van der Waals surface area contributed by atoms with Gasteiger partial charge < -0.3 is 20.3 Å². The van der Waals surface area contributed by atoms with Crippen LogP contribution in [-0.2, 0) is 4.74 Å². The van der Waals surface area contributed by atoms with Crippen molar-refractivity contribution in [3.63, 3.8) is 0 Å². The normalized spacial score (nSPS) is 35.3. The summed E-state index contributed by atoms with van der Waals surface area (Å²) in [5.74, 6) is 2.70. The van der Waals surface area contributed by atoms with Crippen LogP contribution in [0.3, 0.4) is 0 Å². The molecule has 2 aliphatic carbocycles. The zero-order chi connectivity index (χ0) is 16.9. The summed E-state index contributed by atoms with van der Waals surface area (Å²) < 4.78 is 6.05. The van der Waals surface area contributed by atoms with Crippen LogP contribution in [0.1, 0.15) is 38.5 Å². The van der Waals surface area contributed by atoms with Gasteiger partial charge in [0.1, 0.15) is 18.0 Å². The number of hydrogen-bond donors (Lipinski definition) is 2. The number of aromatic nitrogens is 2. The van der Waals surface area contributed by atoms with Crippen LogP contribution in [0.5, 0.6) is 0 Å². The van der Waals surface area contributed by atoms with Gasteiger partial charge in [-0.15, -0.1) is 0 Å². The van der Waals surface area contributed by atoms with Crippen LogP contribution in [-0.4, -0.2) is 54.9 Å². The fourth-order valence-corrected chi connectivity index (χ4v) is 5.81. The van der Waals surface area contributed by atoms with E-state index in [1.165, 1.54) is 38.5 Å². The predicted molar refractivity (Wildman–Crippen MR) is 97.9 cm³/mol. The maximum atomic E-state index is 6.05. The molecule has 136 valence electrons. The third kappa shape index (κ3) is 2.37. The van der Waals surface area contributed by atoms with Crippen LogP contribution in [0.4, 0.5) is 11.6 Å². The van der Waals surface area contributed by atoms with E-state index in [1.54, 1.807) is 6.33 Å². The molecule has 3 heterocycles. The summed E-state index contributed by atoms with van der Waals surface area (Å²) in [6.07, 6.45) is 10.1. The first-order valence-electron chi connectivity index (χ1n) is 9.93. The largest absolute Gasteiger partial charge is 0.377 e. The lowest BCUT2D eigenvalue weighted by Crippen LogP contribution is -2.71. The van der Waals surface area contributed by atoms with Crippen molar-refractivity contribution >= 4 is 11.6 Å². The molecule has 4 atom stereocenters. The first-order valence-corrected chi connectivity index (χ1v) is 9.93. The van der Waals surface area contributed by atoms with Crippen molar-refractivity contribution in [2.45, 2.75) is 56.7 Å². The summed E-state index contributed by atoms with van der Waals surface area (Å²) in [5.41, 5.74) is 0.471. The first kappa shape index (κ1) is 15.8. The second-order valence-electron chi connectivity index (χ2n) is 8.22. The van der Waals surface area contributed by atoms with Gasteiger partial charge in [-0.05, 0) is 32.1 Å². The van der Waals surface area contributed by atoms with Gasteiger partial charge >= 0.3 is 0 Å². The van der Waals surface area contributed by atoms with Crippen LogP contribution in [0.2, 0.25) is 0 Å². The van der Waals surface area contributed by atoms with Gasteiger partial charge in [-0.1, -0.05) is 6.42 Å². The van der Waals surface area contributed by atoms with Gasteiger partial charge in [0, 0.05) is 56.2 Å². The molecular weight excluding hydrogens is 314 g/mol. The van der Waals surface area contributed by atoms with Crippen molar-refractivity contribution in [3.05, 3.63) is 12.4 Å². The summed E-state index contributed by atoms with van der Waals surface area (Å²) in [6, 6.07) is 3.28. The molecule has 6 nitrogen and oxygen atoms in total. The molecule has 4 fully saturated rings. The SMILES string of the molecule is CNc1cc(N2CCC[C@H]2CN[C@H]2[C@H]3CCO[C@H]3C23CCC3)ncn1. The molecule has 25 heavy (non-hydrogen) atoms. The van der Waals surface area contributed by atoms with E-state index in [-0.39, 0.29) is 0 Å². The van der Waals surface area contributed by atoms with Gasteiger partial charge in [-0.25, -0.2) is 9.97 Å². The number of nitrogens with one attached hydrogen (secondary N) is 2. The Kier molecular flexibility index (Phi) is 3.86. The molecule has 6 heteroatoms. The highest BCUT2D eigenvalue weighted by Crippen LogP contribution is 2.62. The van der Waals surface area contributed by atoms with Gasteiger partial charge in [0.15, 0.2) is 0 Å². The van der Waals surface area contributed by atoms with Crippen LogP contribution >= 0.6 is 0 Å². The van der Waals surface area contributed by atoms with E-state index < -0.39 is 0 Å². The van der Waals surface area contributed by atoms with Gasteiger partial charge in [-0.3, -0.25) is 0 Å². The highest BCUT2D eigenvalue weighted by Gasteiger charge is 2.66. The van der Waals surface area contributed by atoms with E-state index in [9.17, 15) is 0 Å². The summed E-state index contributed by atoms with van der Waals surface area (Å²) in [5, 5.41) is 7.09. The smallest absolute Gasteiger partial charge is 0.134 e. The molecule has 0 unspecified atom stereocenters. The summed E-state index contributed by atoms with van der Waals surface area (Å²) in [6.45, 7) is 3.13. The number of hydrogen-bond acceptors (Lipinski definition) is 6. The third-order valence-corrected chi connectivity index (χ3v) is 7.19. The number of fused-ring (bicyclic) bond motifs is 2. The van der Waals surface area contributed by atoms with E-state index in [0.29, 0.717) is 23.6 Å². The third-order valence-electron chi connectivity index (χ3n) is 7.19. The van der Waals surface area contributed by atoms with Crippen LogP contribution in [0.15, 0.2) is 12.4 Å². The summed E-state index contributed by atoms with van der Waals surface area (Å²) in [7, 11) is 1.91. The standard InChI is InChI=1S/C19H29N5O/c1-20-15-10-16(23-12-22-15)24-8-2-4-13(24)11-21-17-14-5-9-25-18(14)19(17)6-3-7-19/h10,12-14,17-18,21H,2-9,11H2,1H3,(H,20,22,23)/t13-,14+,17-,18+/m0/s1. The lowest BCUT2D eigenvalue weighted by molar-refractivity contribution is -0.176. The van der Waals surface area contributed by atoms with Gasteiger partial charge in [0.05, 0.1) is 6.10 Å². The van der Waals surface area contributed by atoms with Crippen molar-refractivity contribution in [1.29, 1.82) is 0 Å². The Bertz CT molecular complexity index is 634. The summed E-state index contributed by atoms with van der Waals surface area (Å²) >= 11 is 0. The van der Waals surface area contributed by atoms with E-state index in [0.717, 1.165) is 37.3 Å². The number of anilines is 2. The highest BCUT2D eigenvalue weighted by molar-refractivity contribution is 5.49. The highest BCUT2D eigenvalue weighted by atomic mass is 16.5. The molecule has 2 N–H and O–H groups in total. The van der Waals surface area contributed by atoms with Crippen molar-refractivity contribution in [1.82, 2.24) is 15.3 Å². The predicted octanol–water partition coefficient (Wildman–Crippen LogP) is 2.03. The van der Waals surface area contributed by atoms with E-state index in [4.69, 9.17) is 4.74 Å². The van der Waals surface area contributed by atoms with E-state index in [1.807, 2.05) is 7.05 Å². The zero-order valence-corrected chi connectivity index (χ0v) is 15.1. The van der Waals surface area contributed by atoms with Crippen molar-refractivity contribution in [2.24, 2.45) is 11.3 Å². The lowest BCUT2D eigenvalue weighted by atomic mass is 9.46. The minimum Gasteiger partial charge on any atom is -0.377 e. The molecule has 5 rings (SSSR count). The minimum absolute atomic E-state index is 0.471. The second kappa shape index (κ2) is 6.09. The van der Waals surface area contributed by atoms with E-state index in [2.05, 4.69) is 31.6 Å². The van der Waals surface area contributed by atoms with Crippen molar-refractivity contribution in [2.75, 3.05) is 37.0 Å². The summed E-state index contributed by atoms with van der Waals surface area (Å²) in [4.78, 5) is 11.2. The van der Waals surface area contributed by atoms with Crippen LogP contribution < -0.4 is 15.5 Å². The average molecular weight is 343 g/mol. The maximum absolute atomic E-state index is 6.05. The first-order chi connectivity index (χ1) is 12.3. The zero-order valence-electron chi connectivity index (χ0n) is 15.1. The molecule has 1 spiro atoms. The molecule has 0 bridgehead atoms. The molecule has 1 aromatic heterocycles. The molecule has 0 amide bonds. The molecular formula is C19H29N5O. The fourth-order valence-electron chi connectivity index (χ4n) is 5.81. The molecule has 2 aliphatic heterocycles. The molecule has 4 aliphatic rings. The molecule has 0 radical (unpaired) electrons. The van der Waals surface area contributed by atoms with Gasteiger partial charge in [0.2, 0.25) is 0 Å². The molecule has 1 aromatic rings. The van der Waals surface area contributed by atoms with Crippen molar-refractivity contribution < 1.29 is 4.74 Å². The van der Waals surface area contributed by atoms with Gasteiger partial charge in [-0.2, -0.15) is 0 Å². The van der Waals surface area contributed by atoms with Crippen LogP contribution in [0, 0.1) is 11.3 Å². The Balaban J connectivity index is 1.26. The number of nitrogens with zero attached hydrogens (tertiary/aromatic N) is 3. The molecule has 0 aromatic carbocycles. The second-order valence-corrected chi connectivity index (χ2v) is 8.22. The van der Waals surface area contributed by atoms with Crippen molar-refractivity contribution in [3.8, 4) is 0 Å². The van der Waals surface area contributed by atoms with Gasteiger partial charge in [0.25, 0.3) is 0 Å². The number of rotatable bonds is 5. The Hall–Kier alpha value is -1.40. The maximum Gasteiger partial charge on any atom is 0.134 e.